The topological polar surface area (TPSA) is 87.9 Å². The number of nitrogens with two attached hydrogens (primary N) is 1. The normalized spacial score (nSPS) is 17.0. The Bertz CT molecular complexity index is 872. The van der Waals surface area contributed by atoms with Gasteiger partial charge in [0.1, 0.15) is 6.61 Å². The molecule has 1 aliphatic heterocycles. The van der Waals surface area contributed by atoms with Crippen molar-refractivity contribution in [2.24, 2.45) is 5.73 Å². The summed E-state index contributed by atoms with van der Waals surface area (Å²) >= 11 is 0. The average molecular weight is 394 g/mol. The number of hydrogen-bond donors (Lipinski definition) is 2. The molecule has 2 aliphatic rings. The molecular weight excluding hydrogens is 368 g/mol. The highest BCUT2D eigenvalue weighted by atomic mass is 16.5. The Hall–Kier alpha value is -3.06. The molecule has 0 atom stereocenters. The van der Waals surface area contributed by atoms with Gasteiger partial charge in [-0.2, -0.15) is 0 Å². The lowest BCUT2D eigenvalue weighted by molar-refractivity contribution is 0.102. The molecule has 2 fully saturated rings. The summed E-state index contributed by atoms with van der Waals surface area (Å²) in [4.78, 5) is 28.5. The van der Waals surface area contributed by atoms with E-state index < -0.39 is 6.09 Å². The molecule has 0 bridgehead atoms. The van der Waals surface area contributed by atoms with Crippen molar-refractivity contribution in [3.63, 3.8) is 0 Å². The zero-order chi connectivity index (χ0) is 20.2. The molecule has 1 saturated carbocycles. The van der Waals surface area contributed by atoms with Crippen LogP contribution in [0, 0.1) is 0 Å². The molecule has 0 spiro atoms. The molecule has 0 radical (unpaired) electrons. The van der Waals surface area contributed by atoms with Gasteiger partial charge in [-0.05, 0) is 42.7 Å². The van der Waals surface area contributed by atoms with E-state index in [1.165, 1.54) is 12.8 Å². The fourth-order valence-corrected chi connectivity index (χ4v) is 3.75. The highest BCUT2D eigenvalue weighted by Crippen LogP contribution is 2.29. The minimum Gasteiger partial charge on any atom is -0.445 e. The van der Waals surface area contributed by atoms with Gasteiger partial charge in [0, 0.05) is 43.6 Å². The highest BCUT2D eigenvalue weighted by Gasteiger charge is 2.31. The summed E-state index contributed by atoms with van der Waals surface area (Å²) in [6.07, 6.45) is 1.84. The lowest BCUT2D eigenvalue weighted by Crippen LogP contribution is -2.47. The van der Waals surface area contributed by atoms with Crippen LogP contribution in [-0.4, -0.2) is 49.1 Å². The van der Waals surface area contributed by atoms with Crippen LogP contribution in [0.3, 0.4) is 0 Å². The van der Waals surface area contributed by atoms with Gasteiger partial charge in [0.25, 0.3) is 5.91 Å². The van der Waals surface area contributed by atoms with Crippen LogP contribution < -0.4 is 16.0 Å². The maximum Gasteiger partial charge on any atom is 0.404 e. The molecule has 7 nitrogen and oxygen atoms in total. The van der Waals surface area contributed by atoms with E-state index in [1.807, 2.05) is 24.3 Å². The Labute approximate surface area is 170 Å². The molecule has 2 aromatic rings. The average Bonchev–Trinajstić information content (AvgIpc) is 3.59. The number of primary amides is 1. The maximum atomic E-state index is 12.9. The predicted molar refractivity (Wildman–Crippen MR) is 112 cm³/mol. The first-order valence-electron chi connectivity index (χ1n) is 10.0. The summed E-state index contributed by atoms with van der Waals surface area (Å²) < 4.78 is 4.77. The monoisotopic (exact) mass is 394 g/mol. The zero-order valence-corrected chi connectivity index (χ0v) is 16.3. The second-order valence-corrected chi connectivity index (χ2v) is 7.53. The smallest absolute Gasteiger partial charge is 0.404 e. The summed E-state index contributed by atoms with van der Waals surface area (Å²) in [5.74, 6) is -0.133. The van der Waals surface area contributed by atoms with Gasteiger partial charge < -0.3 is 20.7 Å². The minimum atomic E-state index is -0.808. The minimum absolute atomic E-state index is 0.110. The first kappa shape index (κ1) is 19.3. The van der Waals surface area contributed by atoms with Gasteiger partial charge in [-0.15, -0.1) is 0 Å². The lowest BCUT2D eigenvalue weighted by Gasteiger charge is -2.37. The number of amides is 2. The fourth-order valence-electron chi connectivity index (χ4n) is 3.75. The first-order valence-corrected chi connectivity index (χ1v) is 10.0. The summed E-state index contributed by atoms with van der Waals surface area (Å²) in [6.45, 7) is 4.09. The molecule has 7 heteroatoms. The maximum absolute atomic E-state index is 12.9. The van der Waals surface area contributed by atoms with Crippen LogP contribution in [0.2, 0.25) is 0 Å². The molecular formula is C22H26N4O3. The third kappa shape index (κ3) is 4.86. The second kappa shape index (κ2) is 8.53. The van der Waals surface area contributed by atoms with E-state index >= 15 is 0 Å². The number of benzene rings is 2. The summed E-state index contributed by atoms with van der Waals surface area (Å²) in [6, 6.07) is 15.7. The Morgan fingerprint density at radius 2 is 1.69 bits per heavy atom. The third-order valence-corrected chi connectivity index (χ3v) is 5.46. The van der Waals surface area contributed by atoms with E-state index in [0.29, 0.717) is 11.3 Å². The summed E-state index contributed by atoms with van der Waals surface area (Å²) in [7, 11) is 0. The van der Waals surface area contributed by atoms with Gasteiger partial charge in [0.05, 0.1) is 5.56 Å². The number of carbonyl (C=O) groups is 2. The van der Waals surface area contributed by atoms with Crippen molar-refractivity contribution in [2.75, 3.05) is 36.4 Å². The standard InChI is InChI=1S/C22H26N4O3/c23-22(28)29-15-16-5-7-17(8-6-16)24-21(27)19-3-1-2-4-20(19)26-13-11-25(12-14-26)18-9-10-18/h1-8,18H,9-15H2,(H2,23,28)(H,24,27). The molecule has 2 amide bonds. The number of piperazine rings is 1. The van der Waals surface area contributed by atoms with E-state index in [1.54, 1.807) is 24.3 Å². The van der Waals surface area contributed by atoms with Crippen LogP contribution >= 0.6 is 0 Å². The van der Waals surface area contributed by atoms with E-state index in [4.69, 9.17) is 10.5 Å². The van der Waals surface area contributed by atoms with Crippen LogP contribution in [-0.2, 0) is 11.3 Å². The summed E-state index contributed by atoms with van der Waals surface area (Å²) in [5, 5.41) is 2.96. The molecule has 0 unspecified atom stereocenters. The number of carbonyl (C=O) groups excluding carboxylic acids is 2. The largest absolute Gasteiger partial charge is 0.445 e. The van der Waals surface area contributed by atoms with Crippen molar-refractivity contribution in [1.29, 1.82) is 0 Å². The molecule has 1 saturated heterocycles. The zero-order valence-electron chi connectivity index (χ0n) is 16.3. The van der Waals surface area contributed by atoms with Crippen molar-refractivity contribution >= 4 is 23.4 Å². The molecule has 4 rings (SSSR count). The molecule has 152 valence electrons. The SMILES string of the molecule is NC(=O)OCc1ccc(NC(=O)c2ccccc2N2CCN(C3CC3)CC2)cc1. The molecule has 0 aromatic heterocycles. The van der Waals surface area contributed by atoms with Crippen LogP contribution in [0.4, 0.5) is 16.2 Å². The van der Waals surface area contributed by atoms with E-state index in [9.17, 15) is 9.59 Å². The van der Waals surface area contributed by atoms with Gasteiger partial charge >= 0.3 is 6.09 Å². The van der Waals surface area contributed by atoms with Crippen molar-refractivity contribution in [2.45, 2.75) is 25.5 Å². The number of nitrogens with one attached hydrogen (secondary N) is 1. The van der Waals surface area contributed by atoms with E-state index in [0.717, 1.165) is 43.5 Å². The second-order valence-electron chi connectivity index (χ2n) is 7.53. The van der Waals surface area contributed by atoms with Crippen molar-refractivity contribution in [1.82, 2.24) is 4.90 Å². The van der Waals surface area contributed by atoms with Gasteiger partial charge in [-0.25, -0.2) is 4.79 Å². The summed E-state index contributed by atoms with van der Waals surface area (Å²) in [5.41, 5.74) is 8.12. The van der Waals surface area contributed by atoms with Gasteiger partial charge in [-0.1, -0.05) is 24.3 Å². The Morgan fingerprint density at radius 1 is 1.00 bits per heavy atom. The van der Waals surface area contributed by atoms with Gasteiger partial charge in [0.2, 0.25) is 0 Å². The van der Waals surface area contributed by atoms with Crippen LogP contribution in [0.25, 0.3) is 0 Å². The molecule has 3 N–H and O–H groups in total. The van der Waals surface area contributed by atoms with Gasteiger partial charge in [0.15, 0.2) is 0 Å². The molecule has 1 aliphatic carbocycles. The molecule has 29 heavy (non-hydrogen) atoms. The quantitative estimate of drug-likeness (QED) is 0.787. The number of hydrogen-bond acceptors (Lipinski definition) is 5. The van der Waals surface area contributed by atoms with Crippen LogP contribution in [0.1, 0.15) is 28.8 Å². The molecule has 2 aromatic carbocycles. The lowest BCUT2D eigenvalue weighted by atomic mass is 10.1. The first-order chi connectivity index (χ1) is 14.1. The van der Waals surface area contributed by atoms with Crippen molar-refractivity contribution in [3.05, 3.63) is 59.7 Å². The number of para-hydroxylation sites is 1. The number of nitrogens with zero attached hydrogens (tertiary/aromatic N) is 2. The Balaban J connectivity index is 1.40. The number of anilines is 2. The number of rotatable bonds is 6. The Kier molecular flexibility index (Phi) is 5.67. The highest BCUT2D eigenvalue weighted by molar-refractivity contribution is 6.08. The van der Waals surface area contributed by atoms with Crippen molar-refractivity contribution < 1.29 is 14.3 Å². The van der Waals surface area contributed by atoms with Gasteiger partial charge in [-0.3, -0.25) is 9.69 Å². The molecule has 1 heterocycles. The fraction of sp³-hybridized carbons (Fsp3) is 0.364. The predicted octanol–water partition coefficient (Wildman–Crippen LogP) is 2.82. The van der Waals surface area contributed by atoms with Crippen molar-refractivity contribution in [3.8, 4) is 0 Å². The van der Waals surface area contributed by atoms with E-state index in [-0.39, 0.29) is 12.5 Å². The Morgan fingerprint density at radius 3 is 2.34 bits per heavy atom. The van der Waals surface area contributed by atoms with Crippen LogP contribution in [0.15, 0.2) is 48.5 Å². The number of ether oxygens (including phenoxy) is 1. The third-order valence-electron chi connectivity index (χ3n) is 5.46. The van der Waals surface area contributed by atoms with Crippen LogP contribution in [0.5, 0.6) is 0 Å². The van der Waals surface area contributed by atoms with E-state index in [2.05, 4.69) is 15.1 Å².